The molecule has 13 heteroatoms. The summed E-state index contributed by atoms with van der Waals surface area (Å²) in [6.45, 7) is 8.56. The molecule has 0 bridgehead atoms. The van der Waals surface area contributed by atoms with Gasteiger partial charge in [0.25, 0.3) is 0 Å². The third-order valence-electron chi connectivity index (χ3n) is 7.33. The number of likely N-dealkylation sites (tertiary alicyclic amines) is 1. The topological polar surface area (TPSA) is 153 Å². The van der Waals surface area contributed by atoms with Crippen molar-refractivity contribution in [2.75, 3.05) is 71.6 Å². The first-order valence-corrected chi connectivity index (χ1v) is 14.1. The number of allylic oxidation sites excluding steroid dienone is 2. The van der Waals surface area contributed by atoms with Crippen LogP contribution >= 0.6 is 11.6 Å². The molecule has 1 aromatic carbocycles. The van der Waals surface area contributed by atoms with Crippen LogP contribution in [0, 0.1) is 17.7 Å². The van der Waals surface area contributed by atoms with E-state index in [9.17, 15) is 15.0 Å². The zero-order valence-electron chi connectivity index (χ0n) is 24.7. The highest BCUT2D eigenvalue weighted by atomic mass is 35.5. The highest BCUT2D eigenvalue weighted by Crippen LogP contribution is 2.44. The first kappa shape index (κ1) is 31.5. The van der Waals surface area contributed by atoms with Gasteiger partial charge in [-0.3, -0.25) is 0 Å². The fourth-order valence-electron chi connectivity index (χ4n) is 5.36. The average Bonchev–Trinajstić information content (AvgIpc) is 2.88. The lowest BCUT2D eigenvalue weighted by Crippen LogP contribution is -2.73. The van der Waals surface area contributed by atoms with E-state index in [1.165, 1.54) is 6.92 Å². The van der Waals surface area contributed by atoms with Gasteiger partial charge < -0.3 is 44.9 Å². The largest absolute Gasteiger partial charge is 0.512 e. The standard InChI is InChI=1S/C29H39ClN6O6/c1-17-25(24(18(2)31)19(3)37)33-26(22-10-21(6-7-23(22)30)42-12-20(38)11-32-4)34-27(17)35-13-29(14-35)15-36(16-29)28(39)41-9-8-40-5/h6-7,10,20,31-32,37-38H,8-9,11-16H2,1-5H3/b24-19+,31-18?/t20-/m1/s1. The normalized spacial score (nSPS) is 16.8. The van der Waals surface area contributed by atoms with Crippen LogP contribution in [0.5, 0.6) is 5.75 Å². The number of methoxy groups -OCH3 is 1. The molecule has 0 unspecified atom stereocenters. The van der Waals surface area contributed by atoms with E-state index in [1.54, 1.807) is 44.2 Å². The number of aliphatic hydroxyl groups is 2. The molecular weight excluding hydrogens is 564 g/mol. The van der Waals surface area contributed by atoms with E-state index in [0.29, 0.717) is 78.6 Å². The summed E-state index contributed by atoms with van der Waals surface area (Å²) in [7, 11) is 3.31. The van der Waals surface area contributed by atoms with Crippen LogP contribution in [0.3, 0.4) is 0 Å². The highest BCUT2D eigenvalue weighted by Gasteiger charge is 2.54. The van der Waals surface area contributed by atoms with Gasteiger partial charge in [0.1, 0.15) is 36.6 Å². The number of ether oxygens (including phenoxy) is 3. The lowest BCUT2D eigenvalue weighted by Gasteiger charge is -2.60. The molecular formula is C29H39ClN6O6. The third-order valence-corrected chi connectivity index (χ3v) is 7.66. The van der Waals surface area contributed by atoms with Crippen LogP contribution in [0.25, 0.3) is 17.0 Å². The zero-order valence-corrected chi connectivity index (χ0v) is 25.4. The predicted octanol–water partition coefficient (Wildman–Crippen LogP) is 3.30. The maximum Gasteiger partial charge on any atom is 0.409 e. The Morgan fingerprint density at radius 1 is 1.21 bits per heavy atom. The highest BCUT2D eigenvalue weighted by molar-refractivity contribution is 6.33. The molecule has 1 atom stereocenters. The maximum absolute atomic E-state index is 12.3. The van der Waals surface area contributed by atoms with Crippen molar-refractivity contribution in [1.82, 2.24) is 20.2 Å². The Labute approximate surface area is 250 Å². The Balaban J connectivity index is 1.62. The van der Waals surface area contributed by atoms with E-state index in [4.69, 9.17) is 41.2 Å². The molecule has 0 saturated carbocycles. The molecule has 2 aliphatic heterocycles. The van der Waals surface area contributed by atoms with E-state index in [-0.39, 0.29) is 36.2 Å². The van der Waals surface area contributed by atoms with Gasteiger partial charge in [-0.2, -0.15) is 0 Å². The number of aromatic nitrogens is 2. The number of benzene rings is 1. The molecule has 0 aliphatic carbocycles. The van der Waals surface area contributed by atoms with Gasteiger partial charge in [0.15, 0.2) is 5.82 Å². The second kappa shape index (κ2) is 13.2. The average molecular weight is 603 g/mol. The lowest BCUT2D eigenvalue weighted by atomic mass is 9.73. The van der Waals surface area contributed by atoms with Crippen LogP contribution in [0.1, 0.15) is 25.1 Å². The van der Waals surface area contributed by atoms with Crippen molar-refractivity contribution in [2.24, 2.45) is 5.41 Å². The van der Waals surface area contributed by atoms with Crippen molar-refractivity contribution in [3.63, 3.8) is 0 Å². The van der Waals surface area contributed by atoms with Crippen molar-refractivity contribution in [3.05, 3.63) is 40.2 Å². The number of hydrogen-bond donors (Lipinski definition) is 4. The van der Waals surface area contributed by atoms with Crippen LogP contribution in [-0.4, -0.2) is 110 Å². The van der Waals surface area contributed by atoms with Gasteiger partial charge in [-0.05, 0) is 46.0 Å². The number of carbonyl (C=O) groups is 1. The third kappa shape index (κ3) is 6.78. The number of anilines is 1. The van der Waals surface area contributed by atoms with Gasteiger partial charge in [0.05, 0.1) is 22.9 Å². The summed E-state index contributed by atoms with van der Waals surface area (Å²) in [5, 5.41) is 32.2. The molecule has 2 fully saturated rings. The summed E-state index contributed by atoms with van der Waals surface area (Å²) in [5.74, 6) is 1.44. The Morgan fingerprint density at radius 3 is 2.55 bits per heavy atom. The van der Waals surface area contributed by atoms with Gasteiger partial charge in [-0.1, -0.05) is 11.6 Å². The van der Waals surface area contributed by atoms with Gasteiger partial charge >= 0.3 is 6.09 Å². The molecule has 2 aliphatic rings. The van der Waals surface area contributed by atoms with Gasteiger partial charge in [-0.15, -0.1) is 0 Å². The number of rotatable bonds is 12. The molecule has 1 aromatic heterocycles. The summed E-state index contributed by atoms with van der Waals surface area (Å²) in [4.78, 5) is 25.8. The van der Waals surface area contributed by atoms with Crippen LogP contribution in [0.4, 0.5) is 10.6 Å². The Bertz CT molecular complexity index is 1350. The van der Waals surface area contributed by atoms with Gasteiger partial charge in [0.2, 0.25) is 0 Å². The molecule has 0 radical (unpaired) electrons. The van der Waals surface area contributed by atoms with E-state index in [1.807, 2.05) is 6.92 Å². The van der Waals surface area contributed by atoms with Crippen LogP contribution in [0.2, 0.25) is 5.02 Å². The molecule has 4 N–H and O–H groups in total. The molecule has 12 nitrogen and oxygen atoms in total. The first-order chi connectivity index (χ1) is 20.0. The SMILES string of the molecule is CNC[C@@H](O)COc1ccc(Cl)c(-c2nc(/C(C(C)=N)=C(\C)O)c(C)c(N3CC4(CN(C(=O)OCCOC)C4)C3)n2)c1. The monoisotopic (exact) mass is 602 g/mol. The maximum atomic E-state index is 12.3. The number of likely N-dealkylation sites (N-methyl/N-ethyl adjacent to an activating group) is 1. The summed E-state index contributed by atoms with van der Waals surface area (Å²) in [6, 6.07) is 5.11. The summed E-state index contributed by atoms with van der Waals surface area (Å²) < 4.78 is 16.0. The first-order valence-electron chi connectivity index (χ1n) is 13.7. The van der Waals surface area contributed by atoms with Crippen molar-refractivity contribution in [1.29, 1.82) is 5.41 Å². The number of amides is 1. The quantitative estimate of drug-likeness (QED) is 0.162. The number of aliphatic hydroxyl groups excluding tert-OH is 2. The van der Waals surface area contributed by atoms with Crippen LogP contribution < -0.4 is 15.0 Å². The summed E-state index contributed by atoms with van der Waals surface area (Å²) in [6.07, 6.45) is -1.03. The molecule has 42 heavy (non-hydrogen) atoms. The zero-order chi connectivity index (χ0) is 30.6. The fourth-order valence-corrected chi connectivity index (χ4v) is 5.56. The minimum atomic E-state index is -0.688. The van der Waals surface area contributed by atoms with Gasteiger partial charge in [-0.25, -0.2) is 14.8 Å². The molecule has 228 valence electrons. The Morgan fingerprint density at radius 2 is 1.93 bits per heavy atom. The number of nitrogens with zero attached hydrogens (tertiary/aromatic N) is 4. The van der Waals surface area contributed by atoms with Crippen molar-refractivity contribution in [3.8, 4) is 17.1 Å². The molecule has 3 heterocycles. The van der Waals surface area contributed by atoms with E-state index in [2.05, 4.69) is 10.2 Å². The van der Waals surface area contributed by atoms with Crippen molar-refractivity contribution < 1.29 is 29.2 Å². The summed E-state index contributed by atoms with van der Waals surface area (Å²) in [5.41, 5.74) is 2.10. The van der Waals surface area contributed by atoms with Crippen LogP contribution in [-0.2, 0) is 9.47 Å². The number of carbonyl (C=O) groups excluding carboxylic acids is 1. The molecule has 4 rings (SSSR count). The second-order valence-corrected chi connectivity index (χ2v) is 11.3. The minimum Gasteiger partial charge on any atom is -0.512 e. The minimum absolute atomic E-state index is 0.0235. The Hall–Kier alpha value is -3.45. The molecule has 1 amide bonds. The van der Waals surface area contributed by atoms with Gasteiger partial charge in [0, 0.05) is 62.1 Å². The number of hydrogen-bond acceptors (Lipinski definition) is 11. The van der Waals surface area contributed by atoms with E-state index < -0.39 is 6.10 Å². The number of halogens is 1. The smallest absolute Gasteiger partial charge is 0.409 e. The molecule has 2 saturated heterocycles. The number of nitrogens with one attached hydrogen (secondary N) is 2. The van der Waals surface area contributed by atoms with Crippen molar-refractivity contribution >= 4 is 34.8 Å². The van der Waals surface area contributed by atoms with Crippen LogP contribution in [0.15, 0.2) is 24.0 Å². The fraction of sp³-hybridized carbons (Fsp3) is 0.517. The Kier molecular flexibility index (Phi) is 9.93. The molecule has 1 spiro atoms. The van der Waals surface area contributed by atoms with Crippen molar-refractivity contribution in [2.45, 2.75) is 26.9 Å². The summed E-state index contributed by atoms with van der Waals surface area (Å²) >= 11 is 6.62. The van der Waals surface area contributed by atoms with E-state index >= 15 is 0 Å². The molecule has 2 aromatic rings. The lowest BCUT2D eigenvalue weighted by molar-refractivity contribution is -0.0250. The second-order valence-electron chi connectivity index (χ2n) is 10.9. The van der Waals surface area contributed by atoms with E-state index in [0.717, 1.165) is 5.56 Å². The predicted molar refractivity (Wildman–Crippen MR) is 161 cm³/mol.